The lowest BCUT2D eigenvalue weighted by molar-refractivity contribution is 0.0906. The third-order valence-corrected chi connectivity index (χ3v) is 4.10. The lowest BCUT2D eigenvalue weighted by atomic mass is 9.97. The maximum absolute atomic E-state index is 12.3. The Morgan fingerprint density at radius 2 is 2.00 bits per heavy atom. The van der Waals surface area contributed by atoms with Gasteiger partial charge in [0.1, 0.15) is 11.5 Å². The third kappa shape index (κ3) is 3.13. The van der Waals surface area contributed by atoms with Crippen LogP contribution in [-0.4, -0.2) is 18.8 Å². The smallest absolute Gasteiger partial charge is 0.287 e. The number of hydrogen-bond acceptors (Lipinski definition) is 4. The number of Topliss-reactive ketones (excluding diaryl/α,β-unsaturated/α-hetero) is 1. The Kier molecular flexibility index (Phi) is 4.19. The number of nitrogens with one attached hydrogen (secondary N) is 1. The van der Waals surface area contributed by atoms with E-state index in [1.165, 1.54) is 0 Å². The summed E-state index contributed by atoms with van der Waals surface area (Å²) in [6.07, 6.45) is 2.01. The number of fused-ring (bicyclic) bond motifs is 1. The lowest BCUT2D eigenvalue weighted by Gasteiger charge is -2.13. The van der Waals surface area contributed by atoms with Crippen molar-refractivity contribution < 1.29 is 18.7 Å². The fraction of sp³-hybridized carbons (Fsp3) is 0.333. The summed E-state index contributed by atoms with van der Waals surface area (Å²) < 4.78 is 10.7. The highest BCUT2D eigenvalue weighted by atomic mass is 16.5. The normalized spacial score (nSPS) is 15.0. The van der Waals surface area contributed by atoms with E-state index in [9.17, 15) is 9.59 Å². The molecule has 1 aliphatic rings. The summed E-state index contributed by atoms with van der Waals surface area (Å²) in [4.78, 5) is 24.2. The molecule has 1 unspecified atom stereocenters. The van der Waals surface area contributed by atoms with Gasteiger partial charge in [-0.3, -0.25) is 9.59 Å². The number of carbonyl (C=O) groups is 2. The van der Waals surface area contributed by atoms with Gasteiger partial charge in [-0.15, -0.1) is 0 Å². The molecule has 1 heterocycles. The van der Waals surface area contributed by atoms with Crippen LogP contribution < -0.4 is 10.1 Å². The number of aryl methyl sites for hydroxylation is 1. The van der Waals surface area contributed by atoms with Gasteiger partial charge >= 0.3 is 0 Å². The Bertz CT molecular complexity index is 730. The van der Waals surface area contributed by atoms with Crippen LogP contribution in [0.4, 0.5) is 0 Å². The zero-order valence-corrected chi connectivity index (χ0v) is 13.2. The third-order valence-electron chi connectivity index (χ3n) is 4.10. The molecule has 5 heteroatoms. The molecule has 0 bridgehead atoms. The van der Waals surface area contributed by atoms with E-state index >= 15 is 0 Å². The molecule has 5 nitrogen and oxygen atoms in total. The van der Waals surface area contributed by atoms with Gasteiger partial charge < -0.3 is 14.5 Å². The van der Waals surface area contributed by atoms with E-state index in [-0.39, 0.29) is 23.5 Å². The van der Waals surface area contributed by atoms with Crippen molar-refractivity contribution in [1.82, 2.24) is 5.32 Å². The number of furan rings is 1. The molecule has 2 aromatic rings. The van der Waals surface area contributed by atoms with Crippen molar-refractivity contribution in [3.63, 3.8) is 0 Å². The molecule has 1 atom stereocenters. The number of methoxy groups -OCH3 is 1. The Hall–Kier alpha value is -2.56. The fourth-order valence-corrected chi connectivity index (χ4v) is 2.75. The van der Waals surface area contributed by atoms with Crippen molar-refractivity contribution >= 4 is 11.7 Å². The summed E-state index contributed by atoms with van der Waals surface area (Å²) in [5, 5.41) is 2.89. The quantitative estimate of drug-likeness (QED) is 0.940. The summed E-state index contributed by atoms with van der Waals surface area (Å²) in [5.74, 6) is 1.34. The zero-order valence-electron chi connectivity index (χ0n) is 13.2. The first-order chi connectivity index (χ1) is 11.1. The van der Waals surface area contributed by atoms with E-state index in [0.717, 1.165) is 17.7 Å². The van der Waals surface area contributed by atoms with Crippen molar-refractivity contribution in [1.29, 1.82) is 0 Å². The minimum absolute atomic E-state index is 0.0530. The standard InChI is InChI=1S/C18H19NO4/c1-11(12-6-8-13(22-2)9-7-12)19-18(21)17-10-14-15(20)4-3-5-16(14)23-17/h6-11H,3-5H2,1-2H3,(H,19,21). The summed E-state index contributed by atoms with van der Waals surface area (Å²) in [5.41, 5.74) is 1.52. The lowest BCUT2D eigenvalue weighted by Crippen LogP contribution is -2.26. The molecular formula is C18H19NO4. The second-order valence-electron chi connectivity index (χ2n) is 5.69. The highest BCUT2D eigenvalue weighted by Crippen LogP contribution is 2.25. The van der Waals surface area contributed by atoms with E-state index in [1.54, 1.807) is 13.2 Å². The van der Waals surface area contributed by atoms with Gasteiger partial charge in [0.05, 0.1) is 18.7 Å². The number of amides is 1. The number of hydrogen-bond donors (Lipinski definition) is 1. The van der Waals surface area contributed by atoms with E-state index in [2.05, 4.69) is 5.32 Å². The van der Waals surface area contributed by atoms with Crippen LogP contribution in [-0.2, 0) is 6.42 Å². The average molecular weight is 313 g/mol. The predicted molar refractivity (Wildman–Crippen MR) is 84.9 cm³/mol. The average Bonchev–Trinajstić information content (AvgIpc) is 3.00. The van der Waals surface area contributed by atoms with Gasteiger partial charge in [-0.2, -0.15) is 0 Å². The number of ether oxygens (including phenoxy) is 1. The van der Waals surface area contributed by atoms with Crippen LogP contribution in [0.3, 0.4) is 0 Å². The zero-order chi connectivity index (χ0) is 16.4. The molecule has 120 valence electrons. The number of benzene rings is 1. The van der Waals surface area contributed by atoms with Crippen molar-refractivity contribution in [3.05, 3.63) is 53.0 Å². The minimum Gasteiger partial charge on any atom is -0.497 e. The largest absolute Gasteiger partial charge is 0.497 e. The van der Waals surface area contributed by atoms with Gasteiger partial charge in [0, 0.05) is 18.9 Å². The van der Waals surface area contributed by atoms with E-state index < -0.39 is 0 Å². The highest BCUT2D eigenvalue weighted by Gasteiger charge is 2.25. The van der Waals surface area contributed by atoms with Gasteiger partial charge in [-0.25, -0.2) is 0 Å². The molecule has 0 fully saturated rings. The van der Waals surface area contributed by atoms with Crippen molar-refractivity contribution in [2.75, 3.05) is 7.11 Å². The van der Waals surface area contributed by atoms with Gasteiger partial charge in [0.2, 0.25) is 0 Å². The molecule has 1 N–H and O–H groups in total. The van der Waals surface area contributed by atoms with Crippen molar-refractivity contribution in [2.24, 2.45) is 0 Å². The number of carbonyl (C=O) groups excluding carboxylic acids is 2. The summed E-state index contributed by atoms with van der Waals surface area (Å²) in [7, 11) is 1.61. The number of rotatable bonds is 4. The second-order valence-corrected chi connectivity index (χ2v) is 5.69. The van der Waals surface area contributed by atoms with Crippen LogP contribution in [0.15, 0.2) is 34.7 Å². The first-order valence-electron chi connectivity index (χ1n) is 7.69. The molecule has 1 amide bonds. The molecule has 0 saturated carbocycles. The molecule has 1 aromatic heterocycles. The van der Waals surface area contributed by atoms with Crippen LogP contribution in [0.5, 0.6) is 5.75 Å². The fourth-order valence-electron chi connectivity index (χ4n) is 2.75. The topological polar surface area (TPSA) is 68.5 Å². The van der Waals surface area contributed by atoms with Gasteiger partial charge in [0.25, 0.3) is 5.91 Å². The summed E-state index contributed by atoms with van der Waals surface area (Å²) >= 11 is 0. The molecule has 1 aromatic carbocycles. The van der Waals surface area contributed by atoms with Crippen LogP contribution in [0, 0.1) is 0 Å². The minimum atomic E-state index is -0.310. The van der Waals surface area contributed by atoms with Gasteiger partial charge in [-0.1, -0.05) is 12.1 Å². The molecule has 0 saturated heterocycles. The van der Waals surface area contributed by atoms with Crippen LogP contribution in [0.25, 0.3) is 0 Å². The van der Waals surface area contributed by atoms with Gasteiger partial charge in [0.15, 0.2) is 11.5 Å². The number of ketones is 1. The van der Waals surface area contributed by atoms with Crippen LogP contribution >= 0.6 is 0 Å². The van der Waals surface area contributed by atoms with Crippen LogP contribution in [0.2, 0.25) is 0 Å². The molecule has 23 heavy (non-hydrogen) atoms. The monoisotopic (exact) mass is 313 g/mol. The Balaban J connectivity index is 1.72. The Labute approximate surface area is 134 Å². The predicted octanol–water partition coefficient (Wildman–Crippen LogP) is 3.30. The molecule has 0 radical (unpaired) electrons. The van der Waals surface area contributed by atoms with E-state index in [4.69, 9.17) is 9.15 Å². The maximum atomic E-state index is 12.3. The van der Waals surface area contributed by atoms with Crippen molar-refractivity contribution in [3.8, 4) is 5.75 Å². The SMILES string of the molecule is COc1ccc(C(C)NC(=O)c2cc3c(o2)CCCC3=O)cc1. The summed E-state index contributed by atoms with van der Waals surface area (Å²) in [6.45, 7) is 1.90. The maximum Gasteiger partial charge on any atom is 0.287 e. The molecule has 0 spiro atoms. The first kappa shape index (κ1) is 15.3. The van der Waals surface area contributed by atoms with E-state index in [1.807, 2.05) is 31.2 Å². The Morgan fingerprint density at radius 3 is 2.65 bits per heavy atom. The van der Waals surface area contributed by atoms with Crippen molar-refractivity contribution in [2.45, 2.75) is 32.2 Å². The second kappa shape index (κ2) is 6.28. The first-order valence-corrected chi connectivity index (χ1v) is 7.69. The van der Waals surface area contributed by atoms with E-state index in [0.29, 0.717) is 24.2 Å². The Morgan fingerprint density at radius 1 is 1.26 bits per heavy atom. The molecule has 3 rings (SSSR count). The highest BCUT2D eigenvalue weighted by molar-refractivity contribution is 6.01. The van der Waals surface area contributed by atoms with Crippen LogP contribution in [0.1, 0.15) is 58.0 Å². The summed E-state index contributed by atoms with van der Waals surface area (Å²) in [6, 6.07) is 8.89. The van der Waals surface area contributed by atoms with Gasteiger partial charge in [-0.05, 0) is 31.0 Å². The molecular weight excluding hydrogens is 294 g/mol. The molecule has 1 aliphatic carbocycles. The molecule has 0 aliphatic heterocycles.